The molecule has 1 amide bonds. The van der Waals surface area contributed by atoms with Gasteiger partial charge in [-0.2, -0.15) is 0 Å². The Hall–Kier alpha value is -2.23. The van der Waals surface area contributed by atoms with Crippen LogP contribution in [0.2, 0.25) is 0 Å². The number of aryl methyl sites for hydroxylation is 1. The number of nitrogens with one attached hydrogen (secondary N) is 1. The molecule has 100 valence electrons. The first-order valence-corrected chi connectivity index (χ1v) is 6.19. The third-order valence-electron chi connectivity index (χ3n) is 2.46. The molecule has 0 aliphatic carbocycles. The van der Waals surface area contributed by atoms with E-state index >= 15 is 0 Å². The topological polar surface area (TPSA) is 51.5 Å². The highest BCUT2D eigenvalue weighted by Gasteiger charge is 2.13. The molecule has 0 saturated carbocycles. The van der Waals surface area contributed by atoms with Crippen molar-refractivity contribution in [1.29, 1.82) is 0 Å². The van der Waals surface area contributed by atoms with Crippen LogP contribution in [0.25, 0.3) is 0 Å². The van der Waals surface area contributed by atoms with Crippen molar-refractivity contribution >= 4 is 11.6 Å². The van der Waals surface area contributed by atoms with Gasteiger partial charge in [0.05, 0.1) is 11.8 Å². The largest absolute Gasteiger partial charge is 0.489 e. The smallest absolute Gasteiger partial charge is 0.291 e. The first-order chi connectivity index (χ1) is 9.06. The molecule has 2 rings (SSSR count). The summed E-state index contributed by atoms with van der Waals surface area (Å²) in [5, 5.41) is 2.79. The van der Waals surface area contributed by atoms with E-state index in [4.69, 9.17) is 9.15 Å². The maximum absolute atomic E-state index is 12.0. The van der Waals surface area contributed by atoms with Gasteiger partial charge in [0, 0.05) is 0 Å². The van der Waals surface area contributed by atoms with Gasteiger partial charge in [-0.25, -0.2) is 0 Å². The number of anilines is 1. The van der Waals surface area contributed by atoms with Gasteiger partial charge in [0.1, 0.15) is 11.5 Å². The van der Waals surface area contributed by atoms with Gasteiger partial charge in [-0.05, 0) is 45.0 Å². The SMILES string of the molecule is Cc1ccc(C(=O)Nc2ccccc2OC(C)C)o1. The zero-order chi connectivity index (χ0) is 13.8. The minimum Gasteiger partial charge on any atom is -0.489 e. The number of para-hydroxylation sites is 2. The van der Waals surface area contributed by atoms with E-state index in [0.717, 1.165) is 0 Å². The minimum atomic E-state index is -0.284. The lowest BCUT2D eigenvalue weighted by atomic mass is 10.2. The average Bonchev–Trinajstić information content (AvgIpc) is 2.78. The van der Waals surface area contributed by atoms with Gasteiger partial charge in [-0.3, -0.25) is 4.79 Å². The normalized spacial score (nSPS) is 10.5. The summed E-state index contributed by atoms with van der Waals surface area (Å²) in [6, 6.07) is 10.7. The number of carbonyl (C=O) groups is 1. The highest BCUT2D eigenvalue weighted by Crippen LogP contribution is 2.25. The summed E-state index contributed by atoms with van der Waals surface area (Å²) in [7, 11) is 0. The van der Waals surface area contributed by atoms with Crippen LogP contribution in [0, 0.1) is 6.92 Å². The van der Waals surface area contributed by atoms with Crippen molar-refractivity contribution in [3.63, 3.8) is 0 Å². The Morgan fingerprint density at radius 3 is 2.58 bits per heavy atom. The molecular formula is C15H17NO3. The molecule has 0 aliphatic heterocycles. The first-order valence-electron chi connectivity index (χ1n) is 6.19. The van der Waals surface area contributed by atoms with Crippen LogP contribution in [-0.4, -0.2) is 12.0 Å². The van der Waals surface area contributed by atoms with Crippen LogP contribution in [0.1, 0.15) is 30.2 Å². The maximum Gasteiger partial charge on any atom is 0.291 e. The van der Waals surface area contributed by atoms with E-state index in [1.807, 2.05) is 32.0 Å². The van der Waals surface area contributed by atoms with Crippen LogP contribution < -0.4 is 10.1 Å². The number of hydrogen-bond acceptors (Lipinski definition) is 3. The van der Waals surface area contributed by atoms with Crippen molar-refractivity contribution in [2.24, 2.45) is 0 Å². The fourth-order valence-corrected chi connectivity index (χ4v) is 1.67. The Balaban J connectivity index is 2.16. The van der Waals surface area contributed by atoms with Crippen molar-refractivity contribution < 1.29 is 13.9 Å². The zero-order valence-corrected chi connectivity index (χ0v) is 11.3. The summed E-state index contributed by atoms with van der Waals surface area (Å²) in [6.07, 6.45) is 0.0453. The second kappa shape index (κ2) is 5.61. The van der Waals surface area contributed by atoms with Crippen LogP contribution in [-0.2, 0) is 0 Å². The summed E-state index contributed by atoms with van der Waals surface area (Å²) < 4.78 is 10.9. The van der Waals surface area contributed by atoms with Crippen molar-refractivity contribution in [3.8, 4) is 5.75 Å². The molecule has 0 aliphatic rings. The summed E-state index contributed by atoms with van der Waals surface area (Å²) in [5.41, 5.74) is 0.634. The predicted octanol–water partition coefficient (Wildman–Crippen LogP) is 3.63. The van der Waals surface area contributed by atoms with E-state index in [9.17, 15) is 4.79 Å². The van der Waals surface area contributed by atoms with Crippen molar-refractivity contribution in [1.82, 2.24) is 0 Å². The molecule has 0 spiro atoms. The van der Waals surface area contributed by atoms with Crippen molar-refractivity contribution in [3.05, 3.63) is 47.9 Å². The van der Waals surface area contributed by atoms with Crippen LogP contribution >= 0.6 is 0 Å². The van der Waals surface area contributed by atoms with E-state index in [0.29, 0.717) is 17.2 Å². The fraction of sp³-hybridized carbons (Fsp3) is 0.267. The number of carbonyl (C=O) groups excluding carboxylic acids is 1. The molecule has 0 atom stereocenters. The molecule has 1 heterocycles. The molecule has 4 heteroatoms. The highest BCUT2D eigenvalue weighted by atomic mass is 16.5. The monoisotopic (exact) mass is 259 g/mol. The molecule has 0 fully saturated rings. The van der Waals surface area contributed by atoms with Crippen LogP contribution in [0.4, 0.5) is 5.69 Å². The number of furan rings is 1. The zero-order valence-electron chi connectivity index (χ0n) is 11.3. The Morgan fingerprint density at radius 2 is 1.95 bits per heavy atom. The lowest BCUT2D eigenvalue weighted by Gasteiger charge is -2.14. The lowest BCUT2D eigenvalue weighted by Crippen LogP contribution is -2.13. The average molecular weight is 259 g/mol. The second-order valence-corrected chi connectivity index (χ2v) is 4.53. The molecule has 19 heavy (non-hydrogen) atoms. The predicted molar refractivity (Wildman–Crippen MR) is 73.6 cm³/mol. The number of amides is 1. The molecule has 2 aromatic rings. The maximum atomic E-state index is 12.0. The third kappa shape index (κ3) is 3.37. The summed E-state index contributed by atoms with van der Waals surface area (Å²) in [6.45, 7) is 5.68. The molecule has 1 aromatic heterocycles. The number of benzene rings is 1. The second-order valence-electron chi connectivity index (χ2n) is 4.53. The van der Waals surface area contributed by atoms with Gasteiger partial charge in [0.15, 0.2) is 5.76 Å². The minimum absolute atomic E-state index is 0.0453. The van der Waals surface area contributed by atoms with Crippen LogP contribution in [0.3, 0.4) is 0 Å². The molecule has 0 bridgehead atoms. The Bertz CT molecular complexity index is 572. The van der Waals surface area contributed by atoms with E-state index in [-0.39, 0.29) is 17.8 Å². The van der Waals surface area contributed by atoms with E-state index < -0.39 is 0 Å². The van der Waals surface area contributed by atoms with Crippen molar-refractivity contribution in [2.45, 2.75) is 26.9 Å². The quantitative estimate of drug-likeness (QED) is 0.912. The highest BCUT2D eigenvalue weighted by molar-refractivity contribution is 6.03. The van der Waals surface area contributed by atoms with Gasteiger partial charge >= 0.3 is 0 Å². The molecule has 4 nitrogen and oxygen atoms in total. The lowest BCUT2D eigenvalue weighted by molar-refractivity contribution is 0.0994. The number of ether oxygens (including phenoxy) is 1. The molecule has 0 radical (unpaired) electrons. The third-order valence-corrected chi connectivity index (χ3v) is 2.46. The molecule has 1 N–H and O–H groups in total. The molecule has 0 unspecified atom stereocenters. The van der Waals surface area contributed by atoms with Gasteiger partial charge in [0.25, 0.3) is 5.91 Å². The van der Waals surface area contributed by atoms with Crippen LogP contribution in [0.5, 0.6) is 5.75 Å². The Morgan fingerprint density at radius 1 is 1.21 bits per heavy atom. The number of hydrogen-bond donors (Lipinski definition) is 1. The summed E-state index contributed by atoms with van der Waals surface area (Å²) >= 11 is 0. The fourth-order valence-electron chi connectivity index (χ4n) is 1.67. The van der Waals surface area contributed by atoms with Crippen LogP contribution in [0.15, 0.2) is 40.8 Å². The van der Waals surface area contributed by atoms with Gasteiger partial charge in [-0.1, -0.05) is 12.1 Å². The summed E-state index contributed by atoms with van der Waals surface area (Å²) in [5.74, 6) is 1.36. The van der Waals surface area contributed by atoms with E-state index in [1.165, 1.54) is 0 Å². The van der Waals surface area contributed by atoms with Crippen molar-refractivity contribution in [2.75, 3.05) is 5.32 Å². The number of rotatable bonds is 4. The summed E-state index contributed by atoms with van der Waals surface area (Å²) in [4.78, 5) is 12.0. The molecule has 0 saturated heterocycles. The Labute approximate surface area is 112 Å². The van der Waals surface area contributed by atoms with E-state index in [1.54, 1.807) is 25.1 Å². The van der Waals surface area contributed by atoms with Gasteiger partial charge in [-0.15, -0.1) is 0 Å². The van der Waals surface area contributed by atoms with Gasteiger partial charge < -0.3 is 14.5 Å². The molecular weight excluding hydrogens is 242 g/mol. The standard InChI is InChI=1S/C15H17NO3/c1-10(2)18-13-7-5-4-6-12(13)16-15(17)14-9-8-11(3)19-14/h4-10H,1-3H3,(H,16,17). The first kappa shape index (κ1) is 13.2. The van der Waals surface area contributed by atoms with Gasteiger partial charge in [0.2, 0.25) is 0 Å². The Kier molecular flexibility index (Phi) is 3.90. The van der Waals surface area contributed by atoms with E-state index in [2.05, 4.69) is 5.32 Å². The molecule has 1 aromatic carbocycles.